The molecule has 2 heterocycles. The Kier molecular flexibility index (Phi) is 8.64. The van der Waals surface area contributed by atoms with Gasteiger partial charge in [-0.25, -0.2) is 9.18 Å². The maximum Gasteiger partial charge on any atom is 0.318 e. The molecule has 0 bridgehead atoms. The molecule has 2 aromatic rings. The molecular weight excluding hydrogens is 447 g/mol. The normalized spacial score (nSPS) is 15.4. The van der Waals surface area contributed by atoms with Gasteiger partial charge in [-0.1, -0.05) is 6.92 Å². The number of anilines is 1. The van der Waals surface area contributed by atoms with Crippen molar-refractivity contribution in [2.75, 3.05) is 37.6 Å². The van der Waals surface area contributed by atoms with E-state index < -0.39 is 0 Å². The molecule has 1 aliphatic heterocycles. The van der Waals surface area contributed by atoms with Crippen molar-refractivity contribution >= 4 is 17.8 Å². The lowest BCUT2D eigenvalue weighted by molar-refractivity contribution is -0.132. The van der Waals surface area contributed by atoms with E-state index in [1.54, 1.807) is 17.0 Å². The summed E-state index contributed by atoms with van der Waals surface area (Å²) in [4.78, 5) is 31.6. The Morgan fingerprint density at radius 1 is 1.06 bits per heavy atom. The zero-order chi connectivity index (χ0) is 25.6. The van der Waals surface area contributed by atoms with Gasteiger partial charge >= 0.3 is 6.03 Å². The van der Waals surface area contributed by atoms with Crippen LogP contribution in [0.15, 0.2) is 36.4 Å². The number of benzene rings is 1. The molecule has 0 radical (unpaired) electrons. The van der Waals surface area contributed by atoms with Gasteiger partial charge in [0.1, 0.15) is 12.4 Å². The van der Waals surface area contributed by atoms with Crippen LogP contribution in [0.4, 0.5) is 15.0 Å². The number of nitrogens with zero attached hydrogens (tertiary/aromatic N) is 5. The van der Waals surface area contributed by atoms with Crippen molar-refractivity contribution in [1.82, 2.24) is 25.3 Å². The molecule has 3 rings (SSSR count). The number of carbonyl (C=O) groups is 2. The summed E-state index contributed by atoms with van der Waals surface area (Å²) >= 11 is 0. The number of rotatable bonds is 6. The number of hydrogen-bond acceptors (Lipinski definition) is 5. The quantitative estimate of drug-likeness (QED) is 0.672. The fourth-order valence-corrected chi connectivity index (χ4v) is 3.95. The average molecular weight is 485 g/mol. The molecule has 8 nitrogen and oxygen atoms in total. The molecule has 1 unspecified atom stereocenters. The molecule has 0 saturated carbocycles. The summed E-state index contributed by atoms with van der Waals surface area (Å²) in [5.41, 5.74) is 1.11. The van der Waals surface area contributed by atoms with Crippen LogP contribution in [0.2, 0.25) is 0 Å². The van der Waals surface area contributed by atoms with E-state index in [0.29, 0.717) is 25.3 Å². The maximum absolute atomic E-state index is 13.2. The molecule has 9 heteroatoms. The second kappa shape index (κ2) is 11.5. The Bertz CT molecular complexity index is 990. The van der Waals surface area contributed by atoms with E-state index in [4.69, 9.17) is 0 Å². The lowest BCUT2D eigenvalue weighted by atomic mass is 10.1. The number of amides is 3. The zero-order valence-corrected chi connectivity index (χ0v) is 21.4. The third-order valence-corrected chi connectivity index (χ3v) is 6.13. The van der Waals surface area contributed by atoms with E-state index in [0.717, 1.165) is 30.8 Å². The highest BCUT2D eigenvalue weighted by atomic mass is 19.1. The summed E-state index contributed by atoms with van der Waals surface area (Å²) in [5.74, 6) is 0.411. The van der Waals surface area contributed by atoms with Crippen LogP contribution in [0.1, 0.15) is 47.5 Å². The number of halogens is 1. The SMILES string of the molecule is CCC(C)N(CC(=O)N1CCCN(c2ccc(-c3ccc(F)cc3)nn2)CC1)C(=O)NC(C)(C)C. The van der Waals surface area contributed by atoms with Crippen molar-refractivity contribution in [2.24, 2.45) is 0 Å². The molecule has 1 N–H and O–H groups in total. The van der Waals surface area contributed by atoms with E-state index >= 15 is 0 Å². The molecule has 190 valence electrons. The third-order valence-electron chi connectivity index (χ3n) is 6.13. The van der Waals surface area contributed by atoms with Gasteiger partial charge < -0.3 is 20.0 Å². The second-order valence-electron chi connectivity index (χ2n) is 10.1. The number of urea groups is 1. The average Bonchev–Trinajstić information content (AvgIpc) is 3.08. The third kappa shape index (κ3) is 7.37. The van der Waals surface area contributed by atoms with Gasteiger partial charge in [0.15, 0.2) is 5.82 Å². The molecule has 0 aliphatic carbocycles. The standard InChI is InChI=1S/C26H37FN6O2/c1-6-19(2)33(25(35)28-26(3,4)5)18-24(34)32-15-7-14-31(16-17-32)23-13-12-22(29-30-23)20-8-10-21(27)11-9-20/h8-13,19H,6-7,14-18H2,1-5H3,(H,28,35). The molecule has 1 fully saturated rings. The van der Waals surface area contributed by atoms with E-state index in [2.05, 4.69) is 20.4 Å². The lowest BCUT2D eigenvalue weighted by Crippen LogP contribution is -2.54. The molecule has 1 atom stereocenters. The van der Waals surface area contributed by atoms with E-state index in [1.807, 2.05) is 51.7 Å². The molecule has 1 aliphatic rings. The van der Waals surface area contributed by atoms with Crippen LogP contribution >= 0.6 is 0 Å². The first-order chi connectivity index (χ1) is 16.6. The van der Waals surface area contributed by atoms with Gasteiger partial charge in [-0.2, -0.15) is 0 Å². The first-order valence-corrected chi connectivity index (χ1v) is 12.3. The minimum absolute atomic E-state index is 0.0420. The molecular formula is C26H37FN6O2. The van der Waals surface area contributed by atoms with E-state index in [9.17, 15) is 14.0 Å². The molecule has 1 aromatic heterocycles. The van der Waals surface area contributed by atoms with Crippen molar-refractivity contribution in [2.45, 2.75) is 59.0 Å². The van der Waals surface area contributed by atoms with Crippen molar-refractivity contribution in [3.05, 3.63) is 42.2 Å². The lowest BCUT2D eigenvalue weighted by Gasteiger charge is -2.33. The highest BCUT2D eigenvalue weighted by Gasteiger charge is 2.28. The summed E-state index contributed by atoms with van der Waals surface area (Å²) in [5, 5.41) is 11.7. The molecule has 3 amide bonds. The maximum atomic E-state index is 13.2. The van der Waals surface area contributed by atoms with Crippen molar-refractivity contribution in [3.8, 4) is 11.3 Å². The first-order valence-electron chi connectivity index (χ1n) is 12.3. The van der Waals surface area contributed by atoms with Crippen molar-refractivity contribution in [3.63, 3.8) is 0 Å². The predicted molar refractivity (Wildman–Crippen MR) is 136 cm³/mol. The molecule has 35 heavy (non-hydrogen) atoms. The Labute approximate surface area is 207 Å². The zero-order valence-electron chi connectivity index (χ0n) is 21.4. The summed E-state index contributed by atoms with van der Waals surface area (Å²) in [7, 11) is 0. The minimum Gasteiger partial charge on any atom is -0.353 e. The molecule has 0 spiro atoms. The summed E-state index contributed by atoms with van der Waals surface area (Å²) in [6.07, 6.45) is 1.57. The van der Waals surface area contributed by atoms with Gasteiger partial charge in [-0.15, -0.1) is 10.2 Å². The topological polar surface area (TPSA) is 81.7 Å². The number of aromatic nitrogens is 2. The van der Waals surface area contributed by atoms with Crippen LogP contribution in [0.3, 0.4) is 0 Å². The van der Waals surface area contributed by atoms with Crippen LogP contribution in [-0.4, -0.2) is 76.2 Å². The highest BCUT2D eigenvalue weighted by Crippen LogP contribution is 2.20. The van der Waals surface area contributed by atoms with Gasteiger partial charge in [0.25, 0.3) is 0 Å². The monoisotopic (exact) mass is 484 g/mol. The number of nitrogens with one attached hydrogen (secondary N) is 1. The van der Waals surface area contributed by atoms with Gasteiger partial charge in [0.05, 0.1) is 5.69 Å². The second-order valence-corrected chi connectivity index (χ2v) is 10.1. The van der Waals surface area contributed by atoms with E-state index in [1.165, 1.54) is 12.1 Å². The fraction of sp³-hybridized carbons (Fsp3) is 0.538. The Morgan fingerprint density at radius 2 is 1.77 bits per heavy atom. The Hall–Kier alpha value is -3.23. The fourth-order valence-electron chi connectivity index (χ4n) is 3.95. The number of carbonyl (C=O) groups excluding carboxylic acids is 2. The van der Waals surface area contributed by atoms with Crippen LogP contribution in [0.5, 0.6) is 0 Å². The molecule has 1 aromatic carbocycles. The largest absolute Gasteiger partial charge is 0.353 e. The Morgan fingerprint density at radius 3 is 2.37 bits per heavy atom. The predicted octanol–water partition coefficient (Wildman–Crippen LogP) is 3.93. The smallest absolute Gasteiger partial charge is 0.318 e. The van der Waals surface area contributed by atoms with Crippen LogP contribution < -0.4 is 10.2 Å². The van der Waals surface area contributed by atoms with Crippen molar-refractivity contribution < 1.29 is 14.0 Å². The highest BCUT2D eigenvalue weighted by molar-refractivity contribution is 5.84. The minimum atomic E-state index is -0.373. The summed E-state index contributed by atoms with van der Waals surface area (Å²) < 4.78 is 13.2. The van der Waals surface area contributed by atoms with Crippen molar-refractivity contribution in [1.29, 1.82) is 0 Å². The van der Waals surface area contributed by atoms with Gasteiger partial charge in [-0.3, -0.25) is 4.79 Å². The number of hydrogen-bond donors (Lipinski definition) is 1. The Balaban J connectivity index is 1.61. The summed E-state index contributed by atoms with van der Waals surface area (Å²) in [6.45, 7) is 12.4. The van der Waals surface area contributed by atoms with Crippen LogP contribution in [-0.2, 0) is 4.79 Å². The molecule has 1 saturated heterocycles. The first kappa shape index (κ1) is 26.4. The van der Waals surface area contributed by atoms with Crippen LogP contribution in [0.25, 0.3) is 11.3 Å². The van der Waals surface area contributed by atoms with E-state index in [-0.39, 0.29) is 35.9 Å². The van der Waals surface area contributed by atoms with Gasteiger partial charge in [0.2, 0.25) is 5.91 Å². The van der Waals surface area contributed by atoms with Gasteiger partial charge in [0, 0.05) is 43.3 Å². The summed E-state index contributed by atoms with van der Waals surface area (Å²) in [6, 6.07) is 9.69. The van der Waals surface area contributed by atoms with Crippen LogP contribution in [0, 0.1) is 5.82 Å². The van der Waals surface area contributed by atoms with Gasteiger partial charge in [-0.05, 0) is 76.9 Å².